The number of hydrogen-bond acceptors (Lipinski definition) is 6. The van der Waals surface area contributed by atoms with Gasteiger partial charge in [0.15, 0.2) is 22.5 Å². The van der Waals surface area contributed by atoms with Crippen molar-refractivity contribution in [2.24, 2.45) is 0 Å². The number of anilines is 1. The van der Waals surface area contributed by atoms with Crippen LogP contribution in [0.25, 0.3) is 11.3 Å². The highest BCUT2D eigenvalue weighted by atomic mass is 32.1. The largest absolute Gasteiger partial charge is 0.486 e. The van der Waals surface area contributed by atoms with Crippen molar-refractivity contribution in [2.75, 3.05) is 18.5 Å². The van der Waals surface area contributed by atoms with Crippen LogP contribution in [0.3, 0.4) is 0 Å². The third-order valence-corrected chi connectivity index (χ3v) is 4.58. The Bertz CT molecular complexity index is 918. The lowest BCUT2D eigenvalue weighted by Gasteiger charge is -2.18. The lowest BCUT2D eigenvalue weighted by molar-refractivity contribution is 0.101. The van der Waals surface area contributed by atoms with E-state index in [1.54, 1.807) is 17.0 Å². The Morgan fingerprint density at radius 3 is 3.00 bits per heavy atom. The van der Waals surface area contributed by atoms with Gasteiger partial charge < -0.3 is 14.0 Å². The van der Waals surface area contributed by atoms with Crippen LogP contribution in [0, 0.1) is 0 Å². The fourth-order valence-corrected chi connectivity index (χ4v) is 3.31. The molecule has 2 aromatic heterocycles. The van der Waals surface area contributed by atoms with E-state index >= 15 is 0 Å². The summed E-state index contributed by atoms with van der Waals surface area (Å²) in [6, 6.07) is 5.70. The Balaban J connectivity index is 1.53. The summed E-state index contributed by atoms with van der Waals surface area (Å²) in [4.78, 5) is 20.9. The van der Waals surface area contributed by atoms with Gasteiger partial charge in [-0.25, -0.2) is 9.97 Å². The topological polar surface area (TPSA) is 78.3 Å². The SMILES string of the molecule is CCn1ccnc1C(=O)Nc1nc(-c2ccc3c(c2)OCCO3)cs1. The summed E-state index contributed by atoms with van der Waals surface area (Å²) in [7, 11) is 0. The fraction of sp³-hybridized carbons (Fsp3) is 0.235. The Labute approximate surface area is 148 Å². The summed E-state index contributed by atoms with van der Waals surface area (Å²) in [6.07, 6.45) is 3.39. The Morgan fingerprint density at radius 2 is 2.16 bits per heavy atom. The van der Waals surface area contributed by atoms with E-state index in [1.807, 2.05) is 30.5 Å². The van der Waals surface area contributed by atoms with Gasteiger partial charge in [-0.3, -0.25) is 10.1 Å². The predicted molar refractivity (Wildman–Crippen MR) is 94.4 cm³/mol. The van der Waals surface area contributed by atoms with E-state index in [1.165, 1.54) is 11.3 Å². The molecule has 1 aliphatic heterocycles. The molecule has 1 aliphatic rings. The molecule has 0 aliphatic carbocycles. The number of aryl methyl sites for hydroxylation is 1. The van der Waals surface area contributed by atoms with Gasteiger partial charge in [0.25, 0.3) is 5.91 Å². The molecule has 0 atom stereocenters. The molecule has 3 aromatic rings. The van der Waals surface area contributed by atoms with E-state index in [-0.39, 0.29) is 5.91 Å². The van der Waals surface area contributed by atoms with Crippen LogP contribution < -0.4 is 14.8 Å². The van der Waals surface area contributed by atoms with Crippen molar-refractivity contribution >= 4 is 22.4 Å². The monoisotopic (exact) mass is 356 g/mol. The summed E-state index contributed by atoms with van der Waals surface area (Å²) in [5.41, 5.74) is 1.69. The number of amides is 1. The molecule has 8 heteroatoms. The molecule has 0 bridgehead atoms. The molecule has 0 fully saturated rings. The third kappa shape index (κ3) is 3.08. The molecule has 7 nitrogen and oxygen atoms in total. The van der Waals surface area contributed by atoms with Crippen LogP contribution in [0.5, 0.6) is 11.5 Å². The van der Waals surface area contributed by atoms with Crippen LogP contribution in [-0.4, -0.2) is 33.7 Å². The minimum atomic E-state index is -0.269. The van der Waals surface area contributed by atoms with E-state index in [2.05, 4.69) is 15.3 Å². The van der Waals surface area contributed by atoms with Crippen molar-refractivity contribution in [3.05, 3.63) is 41.8 Å². The van der Waals surface area contributed by atoms with Crippen molar-refractivity contribution in [2.45, 2.75) is 13.5 Å². The summed E-state index contributed by atoms with van der Waals surface area (Å²) in [5, 5.41) is 5.23. The van der Waals surface area contributed by atoms with Crippen LogP contribution in [0.2, 0.25) is 0 Å². The first-order valence-electron chi connectivity index (χ1n) is 7.92. The first-order chi connectivity index (χ1) is 12.2. The van der Waals surface area contributed by atoms with Gasteiger partial charge in [-0.05, 0) is 25.1 Å². The normalized spacial score (nSPS) is 12.8. The minimum Gasteiger partial charge on any atom is -0.486 e. The number of rotatable bonds is 4. The number of benzene rings is 1. The summed E-state index contributed by atoms with van der Waals surface area (Å²) in [6.45, 7) is 3.75. The van der Waals surface area contributed by atoms with Gasteiger partial charge in [-0.15, -0.1) is 11.3 Å². The zero-order chi connectivity index (χ0) is 17.2. The molecule has 0 saturated heterocycles. The highest BCUT2D eigenvalue weighted by Crippen LogP contribution is 2.35. The molecule has 0 unspecified atom stereocenters. The van der Waals surface area contributed by atoms with E-state index in [0.29, 0.717) is 36.5 Å². The van der Waals surface area contributed by atoms with Gasteiger partial charge >= 0.3 is 0 Å². The highest BCUT2D eigenvalue weighted by molar-refractivity contribution is 7.14. The van der Waals surface area contributed by atoms with Crippen molar-refractivity contribution in [3.63, 3.8) is 0 Å². The molecule has 0 saturated carbocycles. The third-order valence-electron chi connectivity index (χ3n) is 3.82. The molecule has 25 heavy (non-hydrogen) atoms. The smallest absolute Gasteiger partial charge is 0.293 e. The molecule has 1 aromatic carbocycles. The summed E-state index contributed by atoms with van der Waals surface area (Å²) < 4.78 is 12.9. The number of aromatic nitrogens is 3. The number of carbonyl (C=O) groups is 1. The van der Waals surface area contributed by atoms with Crippen molar-refractivity contribution < 1.29 is 14.3 Å². The standard InChI is InChI=1S/C17H16N4O3S/c1-2-21-6-5-18-15(21)16(22)20-17-19-12(10-25-17)11-3-4-13-14(9-11)24-8-7-23-13/h3-6,9-10H,2,7-8H2,1H3,(H,19,20,22). The Morgan fingerprint density at radius 1 is 1.32 bits per heavy atom. The van der Waals surface area contributed by atoms with Crippen LogP contribution in [0.4, 0.5) is 5.13 Å². The predicted octanol–water partition coefficient (Wildman–Crippen LogP) is 3.05. The van der Waals surface area contributed by atoms with Crippen molar-refractivity contribution in [1.82, 2.24) is 14.5 Å². The second-order valence-electron chi connectivity index (χ2n) is 5.39. The Hall–Kier alpha value is -2.87. The van der Waals surface area contributed by atoms with Gasteiger partial charge in [-0.2, -0.15) is 0 Å². The van der Waals surface area contributed by atoms with Gasteiger partial charge in [0.2, 0.25) is 0 Å². The van der Waals surface area contributed by atoms with Crippen LogP contribution in [0.15, 0.2) is 36.0 Å². The first kappa shape index (κ1) is 15.6. The highest BCUT2D eigenvalue weighted by Gasteiger charge is 2.16. The number of imidazole rings is 1. The first-order valence-corrected chi connectivity index (χ1v) is 8.80. The number of fused-ring (bicyclic) bond motifs is 1. The maximum atomic E-state index is 12.3. The van der Waals surface area contributed by atoms with Crippen LogP contribution in [0.1, 0.15) is 17.5 Å². The van der Waals surface area contributed by atoms with Gasteiger partial charge in [0.05, 0.1) is 5.69 Å². The van der Waals surface area contributed by atoms with Gasteiger partial charge in [0, 0.05) is 29.9 Å². The average molecular weight is 356 g/mol. The molecule has 0 spiro atoms. The number of hydrogen-bond donors (Lipinski definition) is 1. The number of thiazole rings is 1. The van der Waals surface area contributed by atoms with Crippen LogP contribution in [-0.2, 0) is 6.54 Å². The lowest BCUT2D eigenvalue weighted by Crippen LogP contribution is -2.17. The van der Waals surface area contributed by atoms with Crippen molar-refractivity contribution in [1.29, 1.82) is 0 Å². The van der Waals surface area contributed by atoms with Gasteiger partial charge in [0.1, 0.15) is 13.2 Å². The molecular weight excluding hydrogens is 340 g/mol. The molecule has 3 heterocycles. The number of carbonyl (C=O) groups excluding carboxylic acids is 1. The van der Waals surface area contributed by atoms with Crippen LogP contribution >= 0.6 is 11.3 Å². The minimum absolute atomic E-state index is 0.269. The molecule has 4 rings (SSSR count). The van der Waals surface area contributed by atoms with E-state index in [0.717, 1.165) is 17.0 Å². The average Bonchev–Trinajstić information content (AvgIpc) is 3.30. The fourth-order valence-electron chi connectivity index (χ4n) is 2.59. The molecule has 1 N–H and O–H groups in total. The summed E-state index contributed by atoms with van der Waals surface area (Å²) in [5.74, 6) is 1.56. The number of nitrogens with zero attached hydrogens (tertiary/aromatic N) is 3. The maximum Gasteiger partial charge on any atom is 0.293 e. The second-order valence-corrected chi connectivity index (χ2v) is 6.25. The molecule has 1 amide bonds. The van der Waals surface area contributed by atoms with E-state index in [4.69, 9.17) is 9.47 Å². The lowest BCUT2D eigenvalue weighted by atomic mass is 10.1. The van der Waals surface area contributed by atoms with Gasteiger partial charge in [-0.1, -0.05) is 0 Å². The maximum absolute atomic E-state index is 12.3. The summed E-state index contributed by atoms with van der Waals surface area (Å²) >= 11 is 1.37. The quantitative estimate of drug-likeness (QED) is 0.777. The zero-order valence-corrected chi connectivity index (χ0v) is 14.4. The van der Waals surface area contributed by atoms with Crippen molar-refractivity contribution in [3.8, 4) is 22.8 Å². The molecule has 128 valence electrons. The molecular formula is C17H16N4O3S. The molecule has 0 radical (unpaired) electrons. The Kier molecular flexibility index (Phi) is 4.10. The van der Waals surface area contributed by atoms with E-state index < -0.39 is 0 Å². The second kappa shape index (κ2) is 6.56. The zero-order valence-electron chi connectivity index (χ0n) is 13.6. The number of nitrogens with one attached hydrogen (secondary N) is 1. The number of ether oxygens (including phenoxy) is 2. The van der Waals surface area contributed by atoms with E-state index in [9.17, 15) is 4.79 Å².